The zero-order valence-electron chi connectivity index (χ0n) is 23.5. The minimum atomic E-state index is -0.705. The van der Waals surface area contributed by atoms with Crippen LogP contribution in [0.3, 0.4) is 0 Å². The molecule has 2 aromatic heterocycles. The summed E-state index contributed by atoms with van der Waals surface area (Å²) in [7, 11) is 1.29. The highest BCUT2D eigenvalue weighted by Gasteiger charge is 2.33. The van der Waals surface area contributed by atoms with Crippen LogP contribution in [0.2, 0.25) is 5.02 Å². The van der Waals surface area contributed by atoms with Gasteiger partial charge in [-0.15, -0.1) is 11.8 Å². The lowest BCUT2D eigenvalue weighted by molar-refractivity contribution is -0.143. The summed E-state index contributed by atoms with van der Waals surface area (Å²) < 4.78 is 18.3. The maximum atomic E-state index is 13.9. The fraction of sp³-hybridized carbons (Fsp3) is 0.226. The monoisotopic (exact) mass is 622 g/mol. The number of fused-ring (bicyclic) bond motifs is 1. The van der Waals surface area contributed by atoms with Gasteiger partial charge in [-0.3, -0.25) is 9.36 Å². The maximum Gasteiger partial charge on any atom is 0.339 e. The smallest absolute Gasteiger partial charge is 0.339 e. The number of hydrogen-bond acceptors (Lipinski definition) is 9. The number of carbonyl (C=O) groups is 2. The molecule has 0 radical (unpaired) electrons. The van der Waals surface area contributed by atoms with Gasteiger partial charge in [0.2, 0.25) is 0 Å². The fourth-order valence-corrected chi connectivity index (χ4v) is 6.25. The average molecular weight is 623 g/mol. The quantitative estimate of drug-likeness (QED) is 0.195. The first-order chi connectivity index (χ1) is 20.1. The Morgan fingerprint density at radius 1 is 1.12 bits per heavy atom. The number of rotatable bonds is 7. The number of thioether (sulfide) groups is 1. The van der Waals surface area contributed by atoms with Crippen molar-refractivity contribution in [2.75, 3.05) is 13.4 Å². The van der Waals surface area contributed by atoms with Crippen LogP contribution >= 0.6 is 34.7 Å². The first-order valence-electron chi connectivity index (χ1n) is 13.0. The van der Waals surface area contributed by atoms with Crippen LogP contribution in [0.4, 0.5) is 0 Å². The van der Waals surface area contributed by atoms with Crippen LogP contribution in [0.5, 0.6) is 0 Å². The van der Waals surface area contributed by atoms with Gasteiger partial charge in [-0.2, -0.15) is 0 Å². The van der Waals surface area contributed by atoms with Crippen molar-refractivity contribution in [1.29, 1.82) is 0 Å². The third-order valence-electron chi connectivity index (χ3n) is 6.57. The first kappa shape index (κ1) is 29.6. The van der Waals surface area contributed by atoms with E-state index in [-0.39, 0.29) is 22.2 Å². The molecule has 42 heavy (non-hydrogen) atoms. The number of aromatic nitrogens is 1. The maximum absolute atomic E-state index is 13.9. The highest BCUT2D eigenvalue weighted by atomic mass is 35.5. The van der Waals surface area contributed by atoms with Gasteiger partial charge in [0.15, 0.2) is 4.80 Å². The summed E-state index contributed by atoms with van der Waals surface area (Å²) in [6, 6.07) is 15.4. The number of nitrogens with zero attached hydrogens (tertiary/aromatic N) is 2. The molecule has 2 aromatic carbocycles. The molecule has 8 nitrogen and oxygen atoms in total. The second kappa shape index (κ2) is 12.2. The molecule has 5 rings (SSSR count). The lowest BCUT2D eigenvalue weighted by atomic mass is 9.96. The molecule has 11 heteroatoms. The zero-order valence-corrected chi connectivity index (χ0v) is 25.9. The second-order valence-corrected chi connectivity index (χ2v) is 12.0. The van der Waals surface area contributed by atoms with Gasteiger partial charge in [0.1, 0.15) is 11.5 Å². The van der Waals surface area contributed by atoms with Gasteiger partial charge in [0.05, 0.1) is 45.6 Å². The third kappa shape index (κ3) is 5.74. The van der Waals surface area contributed by atoms with Gasteiger partial charge < -0.3 is 13.9 Å². The van der Waals surface area contributed by atoms with E-state index in [1.807, 2.05) is 30.5 Å². The molecule has 0 bridgehead atoms. The molecule has 0 aliphatic carbocycles. The van der Waals surface area contributed by atoms with E-state index in [9.17, 15) is 14.4 Å². The number of ether oxygens (including phenoxy) is 2. The van der Waals surface area contributed by atoms with Gasteiger partial charge in [0.25, 0.3) is 5.56 Å². The third-order valence-corrected chi connectivity index (χ3v) is 8.63. The lowest BCUT2D eigenvalue weighted by Gasteiger charge is -2.25. The SMILES string of the molecule is COC(=O)c1cc(-c2ccc(/C=c3\sc4n(c3=O)[C@H](c3ccc(SC)cc3)C(C(=O)OC(C)C)=C(C)N=4)o2)ccc1Cl. The molecule has 0 fully saturated rings. The van der Waals surface area contributed by atoms with E-state index in [2.05, 4.69) is 4.99 Å². The number of hydrogen-bond donors (Lipinski definition) is 0. The normalized spacial score (nSPS) is 15.0. The molecule has 0 N–H and O–H groups in total. The van der Waals surface area contributed by atoms with Gasteiger partial charge in [-0.1, -0.05) is 35.1 Å². The Labute approximate surface area is 254 Å². The molecule has 0 saturated carbocycles. The van der Waals surface area contributed by atoms with Crippen LogP contribution in [-0.2, 0) is 14.3 Å². The van der Waals surface area contributed by atoms with E-state index >= 15 is 0 Å². The van der Waals surface area contributed by atoms with Crippen molar-refractivity contribution < 1.29 is 23.5 Å². The molecular formula is C31H27ClN2O6S2. The number of halogens is 1. The molecule has 216 valence electrons. The second-order valence-electron chi connectivity index (χ2n) is 9.70. The van der Waals surface area contributed by atoms with Crippen LogP contribution in [0.25, 0.3) is 17.4 Å². The largest absolute Gasteiger partial charge is 0.465 e. The number of furan rings is 1. The number of benzene rings is 2. The Morgan fingerprint density at radius 2 is 1.86 bits per heavy atom. The average Bonchev–Trinajstić information content (AvgIpc) is 3.56. The highest BCUT2D eigenvalue weighted by Crippen LogP contribution is 2.32. The van der Waals surface area contributed by atoms with E-state index < -0.39 is 18.0 Å². The molecular weight excluding hydrogens is 596 g/mol. The summed E-state index contributed by atoms with van der Waals surface area (Å²) in [5.41, 5.74) is 2.13. The Balaban J connectivity index is 1.60. The van der Waals surface area contributed by atoms with E-state index in [1.54, 1.807) is 73.5 Å². The summed E-state index contributed by atoms with van der Waals surface area (Å²) >= 11 is 8.97. The van der Waals surface area contributed by atoms with E-state index in [0.717, 1.165) is 10.5 Å². The highest BCUT2D eigenvalue weighted by molar-refractivity contribution is 7.98. The topological polar surface area (TPSA) is 100 Å². The Kier molecular flexibility index (Phi) is 8.58. The fourth-order valence-electron chi connectivity index (χ4n) is 4.62. The Hall–Kier alpha value is -3.86. The number of carbonyl (C=O) groups excluding carboxylic acids is 2. The first-order valence-corrected chi connectivity index (χ1v) is 15.4. The number of methoxy groups -OCH3 is 1. The lowest BCUT2D eigenvalue weighted by Crippen LogP contribution is -2.40. The molecule has 4 aromatic rings. The molecule has 0 saturated heterocycles. The van der Waals surface area contributed by atoms with Gasteiger partial charge in [0, 0.05) is 16.5 Å². The van der Waals surface area contributed by atoms with Crippen molar-refractivity contribution in [1.82, 2.24) is 4.57 Å². The zero-order chi connectivity index (χ0) is 30.1. The predicted molar refractivity (Wildman–Crippen MR) is 164 cm³/mol. The van der Waals surface area contributed by atoms with Crippen molar-refractivity contribution in [2.24, 2.45) is 4.99 Å². The van der Waals surface area contributed by atoms with Gasteiger partial charge in [-0.25, -0.2) is 14.6 Å². The summed E-state index contributed by atoms with van der Waals surface area (Å²) in [6.07, 6.45) is 3.29. The van der Waals surface area contributed by atoms with Crippen molar-refractivity contribution >= 4 is 52.7 Å². The van der Waals surface area contributed by atoms with Crippen molar-refractivity contribution in [2.45, 2.75) is 37.8 Å². The molecule has 1 atom stereocenters. The molecule has 1 aliphatic heterocycles. The van der Waals surface area contributed by atoms with Crippen molar-refractivity contribution in [3.8, 4) is 11.3 Å². The Morgan fingerprint density at radius 3 is 2.52 bits per heavy atom. The van der Waals surface area contributed by atoms with Crippen molar-refractivity contribution in [3.63, 3.8) is 0 Å². The van der Waals surface area contributed by atoms with E-state index in [4.69, 9.17) is 25.5 Å². The van der Waals surface area contributed by atoms with Gasteiger partial charge in [-0.05, 0) is 75.1 Å². The molecule has 1 aliphatic rings. The summed E-state index contributed by atoms with van der Waals surface area (Å²) in [5, 5.41) is 0.267. The minimum absolute atomic E-state index is 0.218. The number of allylic oxidation sites excluding steroid dienone is 1. The van der Waals surface area contributed by atoms with Crippen LogP contribution < -0.4 is 14.9 Å². The number of esters is 2. The van der Waals surface area contributed by atoms with Crippen LogP contribution in [-0.4, -0.2) is 36.0 Å². The summed E-state index contributed by atoms with van der Waals surface area (Å²) in [6.45, 7) is 5.32. The van der Waals surface area contributed by atoms with Crippen molar-refractivity contribution in [3.05, 3.63) is 107 Å². The molecule has 0 spiro atoms. The summed E-state index contributed by atoms with van der Waals surface area (Å²) in [5.74, 6) is -0.151. The summed E-state index contributed by atoms with van der Waals surface area (Å²) in [4.78, 5) is 45.4. The molecule has 0 unspecified atom stereocenters. The Bertz CT molecular complexity index is 1900. The van der Waals surface area contributed by atoms with E-state index in [1.165, 1.54) is 18.4 Å². The standard InChI is InChI=1S/C31H27ClN2O6S2/c1-16(2)39-30(37)26-17(3)33-31-34(27(26)18-6-10-21(41-5)11-7-18)28(35)25(42-31)15-20-9-13-24(40-20)19-8-12-23(32)22(14-19)29(36)38-4/h6-16,27H,1-5H3/b25-15-/t27-/m1/s1. The number of thiazole rings is 1. The molecule has 0 amide bonds. The predicted octanol–water partition coefficient (Wildman–Crippen LogP) is 5.61. The minimum Gasteiger partial charge on any atom is -0.465 e. The van der Waals surface area contributed by atoms with Crippen LogP contribution in [0, 0.1) is 0 Å². The van der Waals surface area contributed by atoms with Gasteiger partial charge >= 0.3 is 11.9 Å². The van der Waals surface area contributed by atoms with E-state index in [0.29, 0.717) is 37.7 Å². The van der Waals surface area contributed by atoms with Crippen LogP contribution in [0.15, 0.2) is 85.0 Å². The molecule has 3 heterocycles. The van der Waals surface area contributed by atoms with Crippen LogP contribution in [0.1, 0.15) is 48.5 Å².